The number of ketones is 1. The van der Waals surface area contributed by atoms with Crippen molar-refractivity contribution in [1.82, 2.24) is 0 Å². The monoisotopic (exact) mass is 468 g/mol. The molecule has 0 amide bonds. The average molecular weight is 467 g/mol. The Morgan fingerprint density at radius 1 is 0.808 bits per heavy atom. The van der Waals surface area contributed by atoms with Gasteiger partial charge >= 0.3 is 169 Å². The van der Waals surface area contributed by atoms with Crippen LogP contribution >= 0.6 is 0 Å². The predicted octanol–water partition coefficient (Wildman–Crippen LogP) is 8.19. The molecule has 150 valence electrons. The summed E-state index contributed by atoms with van der Waals surface area (Å²) in [6.07, 6.45) is 21.2. The predicted molar refractivity (Wildman–Crippen MR) is 121 cm³/mol. The van der Waals surface area contributed by atoms with Gasteiger partial charge < -0.3 is 0 Å². The van der Waals surface area contributed by atoms with E-state index in [1.807, 2.05) is 12.2 Å². The van der Waals surface area contributed by atoms with Gasteiger partial charge in [-0.05, 0) is 0 Å². The van der Waals surface area contributed by atoms with E-state index in [4.69, 9.17) is 0 Å². The van der Waals surface area contributed by atoms with Gasteiger partial charge in [-0.2, -0.15) is 0 Å². The fourth-order valence-corrected chi connectivity index (χ4v) is 17.6. The Hall–Kier alpha value is -0.311. The molecule has 0 spiro atoms. The van der Waals surface area contributed by atoms with Crippen LogP contribution in [0.1, 0.15) is 91.4 Å². The second-order valence-electron chi connectivity index (χ2n) is 7.70. The molecule has 0 aromatic rings. The Kier molecular flexibility index (Phi) is 17.9. The van der Waals surface area contributed by atoms with Gasteiger partial charge in [0.15, 0.2) is 0 Å². The molecular formula is C24H44OSn. The maximum atomic E-state index is 12.3. The topological polar surface area (TPSA) is 17.1 Å². The molecule has 0 atom stereocenters. The van der Waals surface area contributed by atoms with Gasteiger partial charge in [-0.25, -0.2) is 0 Å². The summed E-state index contributed by atoms with van der Waals surface area (Å²) in [6.45, 7) is 10.6. The Labute approximate surface area is 168 Å². The van der Waals surface area contributed by atoms with Crippen molar-refractivity contribution in [2.75, 3.05) is 0 Å². The summed E-state index contributed by atoms with van der Waals surface area (Å²) < 4.78 is 6.83. The van der Waals surface area contributed by atoms with Crippen LogP contribution in [0.2, 0.25) is 13.3 Å². The van der Waals surface area contributed by atoms with Crippen LogP contribution in [0.3, 0.4) is 0 Å². The number of hydrogen-bond acceptors (Lipinski definition) is 1. The zero-order chi connectivity index (χ0) is 19.5. The minimum absolute atomic E-state index is 0.339. The van der Waals surface area contributed by atoms with E-state index in [0.717, 1.165) is 25.7 Å². The Morgan fingerprint density at radius 3 is 1.85 bits per heavy atom. The molecule has 0 bridgehead atoms. The molecule has 0 rings (SSSR count). The molecule has 0 aliphatic heterocycles. The molecule has 0 heterocycles. The zero-order valence-corrected chi connectivity index (χ0v) is 20.8. The van der Waals surface area contributed by atoms with Crippen LogP contribution in [-0.4, -0.2) is 24.2 Å². The molecule has 0 saturated heterocycles. The number of hydrogen-bond donors (Lipinski definition) is 0. The average Bonchev–Trinajstić information content (AvgIpc) is 2.66. The van der Waals surface area contributed by atoms with E-state index < -0.39 is 18.4 Å². The fourth-order valence-electron chi connectivity index (χ4n) is 3.41. The SMILES string of the molecule is C=CCCC/C=C/CCC(=O)/C=[CH]/[Sn]([CH2]CCC)([CH2]CCC)[CH2]CCC. The molecule has 2 heteroatoms. The normalized spacial score (nSPS) is 12.3. The molecule has 26 heavy (non-hydrogen) atoms. The van der Waals surface area contributed by atoms with Crippen molar-refractivity contribution in [3.63, 3.8) is 0 Å². The minimum atomic E-state index is -2.27. The van der Waals surface area contributed by atoms with Crippen molar-refractivity contribution in [1.29, 1.82) is 0 Å². The Balaban J connectivity index is 4.61. The van der Waals surface area contributed by atoms with Gasteiger partial charge in [0.05, 0.1) is 0 Å². The van der Waals surface area contributed by atoms with E-state index in [1.165, 1.54) is 51.8 Å². The molecular weight excluding hydrogens is 423 g/mol. The number of allylic oxidation sites excluding steroid dienone is 4. The van der Waals surface area contributed by atoms with Gasteiger partial charge in [-0.3, -0.25) is 0 Å². The van der Waals surface area contributed by atoms with E-state index in [-0.39, 0.29) is 0 Å². The molecule has 0 saturated carbocycles. The standard InChI is InChI=1S/C12H17O.3C4H9.Sn/c1-3-5-6-7-8-9-10-11-12(13)4-2;3*1-3-4-2;/h2-4,8-9H,1,5-7,10-11H2;3*1,3-4H2,2H3;/b4-2?,9-8+;;;;. The van der Waals surface area contributed by atoms with Crippen LogP contribution in [0.5, 0.6) is 0 Å². The van der Waals surface area contributed by atoms with Gasteiger partial charge in [0.1, 0.15) is 0 Å². The van der Waals surface area contributed by atoms with E-state index in [1.54, 1.807) is 0 Å². The van der Waals surface area contributed by atoms with Gasteiger partial charge in [0.25, 0.3) is 0 Å². The molecule has 0 aliphatic rings. The summed E-state index contributed by atoms with van der Waals surface area (Å²) in [5, 5.41) is 0. The molecule has 0 radical (unpaired) electrons. The van der Waals surface area contributed by atoms with Crippen LogP contribution in [-0.2, 0) is 4.79 Å². The summed E-state index contributed by atoms with van der Waals surface area (Å²) in [5.41, 5.74) is 0. The summed E-state index contributed by atoms with van der Waals surface area (Å²) in [6, 6.07) is 0. The number of carbonyl (C=O) groups is 1. The Morgan fingerprint density at radius 2 is 1.35 bits per heavy atom. The van der Waals surface area contributed by atoms with E-state index in [2.05, 4.69) is 43.6 Å². The van der Waals surface area contributed by atoms with Crippen molar-refractivity contribution >= 4 is 24.2 Å². The summed E-state index contributed by atoms with van der Waals surface area (Å²) in [4.78, 5) is 12.3. The molecule has 0 N–H and O–H groups in total. The summed E-state index contributed by atoms with van der Waals surface area (Å²) in [5.74, 6) is 0.339. The molecule has 0 unspecified atom stereocenters. The van der Waals surface area contributed by atoms with Crippen LogP contribution in [0.15, 0.2) is 35.0 Å². The van der Waals surface area contributed by atoms with E-state index in [9.17, 15) is 4.79 Å². The number of unbranched alkanes of at least 4 members (excludes halogenated alkanes) is 5. The molecule has 0 aromatic carbocycles. The third-order valence-corrected chi connectivity index (χ3v) is 19.3. The third-order valence-electron chi connectivity index (χ3n) is 5.21. The van der Waals surface area contributed by atoms with Gasteiger partial charge in [-0.15, -0.1) is 0 Å². The zero-order valence-electron chi connectivity index (χ0n) is 17.9. The second-order valence-corrected chi connectivity index (χ2v) is 20.7. The van der Waals surface area contributed by atoms with Crippen molar-refractivity contribution < 1.29 is 4.79 Å². The molecule has 0 aliphatic carbocycles. The first-order valence-electron chi connectivity index (χ1n) is 11.1. The molecule has 0 fully saturated rings. The van der Waals surface area contributed by atoms with Crippen molar-refractivity contribution in [3.8, 4) is 0 Å². The summed E-state index contributed by atoms with van der Waals surface area (Å²) >= 11 is -2.27. The van der Waals surface area contributed by atoms with Crippen molar-refractivity contribution in [2.24, 2.45) is 0 Å². The second kappa shape index (κ2) is 18.1. The first kappa shape index (κ1) is 25.7. The molecule has 0 aromatic heterocycles. The van der Waals surface area contributed by atoms with Gasteiger partial charge in [0.2, 0.25) is 0 Å². The van der Waals surface area contributed by atoms with Crippen LogP contribution in [0.25, 0.3) is 0 Å². The van der Waals surface area contributed by atoms with Crippen LogP contribution in [0.4, 0.5) is 0 Å². The van der Waals surface area contributed by atoms with Crippen LogP contribution in [0, 0.1) is 0 Å². The van der Waals surface area contributed by atoms with E-state index in [0.29, 0.717) is 12.2 Å². The molecule has 1 nitrogen and oxygen atoms in total. The summed E-state index contributed by atoms with van der Waals surface area (Å²) in [7, 11) is 0. The maximum absolute atomic E-state index is 12.3. The number of carbonyl (C=O) groups excluding carboxylic acids is 1. The first-order chi connectivity index (χ1) is 12.6. The van der Waals surface area contributed by atoms with E-state index >= 15 is 0 Å². The fraction of sp³-hybridized carbons (Fsp3) is 0.708. The Bertz CT molecular complexity index is 387. The quantitative estimate of drug-likeness (QED) is 0.0860. The van der Waals surface area contributed by atoms with Crippen LogP contribution < -0.4 is 0 Å². The van der Waals surface area contributed by atoms with Crippen molar-refractivity contribution in [3.05, 3.63) is 35.0 Å². The number of rotatable bonds is 18. The van der Waals surface area contributed by atoms with Gasteiger partial charge in [0, 0.05) is 0 Å². The first-order valence-corrected chi connectivity index (χ1v) is 18.8. The van der Waals surface area contributed by atoms with Gasteiger partial charge in [-0.1, -0.05) is 0 Å². The van der Waals surface area contributed by atoms with Crippen molar-refractivity contribution in [2.45, 2.75) is 105 Å². The third kappa shape index (κ3) is 13.8.